The number of rotatable bonds is 4. The molecular formula is C26H22F2N4O6. The molecule has 10 nitrogen and oxygen atoms in total. The molecule has 0 amide bonds. The van der Waals surface area contributed by atoms with Gasteiger partial charge in [0.1, 0.15) is 29.9 Å². The van der Waals surface area contributed by atoms with Crippen molar-refractivity contribution in [3.8, 4) is 22.5 Å². The molecule has 4 aromatic rings. The second-order valence-corrected chi connectivity index (χ2v) is 9.55. The van der Waals surface area contributed by atoms with Gasteiger partial charge in [-0.15, -0.1) is 0 Å². The summed E-state index contributed by atoms with van der Waals surface area (Å²) in [6, 6.07) is 10.9. The molecule has 2 aromatic heterocycles. The van der Waals surface area contributed by atoms with Crippen molar-refractivity contribution in [2.24, 2.45) is 0 Å². The standard InChI is InChI=1S/C26H22F2N4O6/c1-26(2)37-20-16(11-33)36-24(21(20)38-26)32-22-19(23(34)31-25(32)35)29-17(12-3-7-14(27)8-4-12)18(30-22)13-5-9-15(28)10-6-13/h3-10,16,20-21,24,33H,11H2,1-2H3,(H,31,34,35)/t16-,20-,21-,24-/m1/s1. The fourth-order valence-corrected chi connectivity index (χ4v) is 4.93. The zero-order valence-electron chi connectivity index (χ0n) is 20.2. The van der Waals surface area contributed by atoms with E-state index in [9.17, 15) is 23.5 Å². The molecule has 12 heteroatoms. The van der Waals surface area contributed by atoms with E-state index in [1.54, 1.807) is 13.8 Å². The lowest BCUT2D eigenvalue weighted by Crippen LogP contribution is -2.39. The predicted molar refractivity (Wildman–Crippen MR) is 130 cm³/mol. The lowest BCUT2D eigenvalue weighted by atomic mass is 10.0. The fraction of sp³-hybridized carbons (Fsp3) is 0.308. The highest BCUT2D eigenvalue weighted by Gasteiger charge is 2.56. The molecule has 0 saturated carbocycles. The van der Waals surface area contributed by atoms with Crippen LogP contribution in [0.3, 0.4) is 0 Å². The molecule has 4 heterocycles. The van der Waals surface area contributed by atoms with Crippen LogP contribution in [0.15, 0.2) is 58.1 Å². The van der Waals surface area contributed by atoms with Gasteiger partial charge in [-0.3, -0.25) is 9.78 Å². The number of halogens is 2. The lowest BCUT2D eigenvalue weighted by molar-refractivity contribution is -0.200. The molecule has 0 aliphatic carbocycles. The number of hydrogen-bond donors (Lipinski definition) is 2. The first kappa shape index (κ1) is 24.5. The van der Waals surface area contributed by atoms with Gasteiger partial charge >= 0.3 is 5.69 Å². The predicted octanol–water partition coefficient (Wildman–Crippen LogP) is 2.50. The monoisotopic (exact) mass is 524 g/mol. The quantitative estimate of drug-likeness (QED) is 0.417. The zero-order valence-corrected chi connectivity index (χ0v) is 20.2. The van der Waals surface area contributed by atoms with E-state index in [1.807, 2.05) is 0 Å². The minimum absolute atomic E-state index is 0.111. The van der Waals surface area contributed by atoms with E-state index < -0.39 is 59.8 Å². The van der Waals surface area contributed by atoms with E-state index in [0.717, 1.165) is 4.57 Å². The number of benzene rings is 2. The molecule has 2 fully saturated rings. The Morgan fingerprint density at radius 1 is 0.921 bits per heavy atom. The molecule has 38 heavy (non-hydrogen) atoms. The van der Waals surface area contributed by atoms with Crippen LogP contribution in [0, 0.1) is 11.6 Å². The summed E-state index contributed by atoms with van der Waals surface area (Å²) in [5, 5.41) is 9.88. The van der Waals surface area contributed by atoms with Crippen molar-refractivity contribution in [3.63, 3.8) is 0 Å². The number of fused-ring (bicyclic) bond motifs is 2. The minimum atomic E-state index is -1.11. The zero-order chi connectivity index (χ0) is 26.8. The second kappa shape index (κ2) is 8.88. The van der Waals surface area contributed by atoms with E-state index in [2.05, 4.69) is 15.0 Å². The number of aromatic amines is 1. The average molecular weight is 524 g/mol. The third kappa shape index (κ3) is 4.02. The number of nitrogens with zero attached hydrogens (tertiary/aromatic N) is 3. The van der Waals surface area contributed by atoms with E-state index in [1.165, 1.54) is 48.5 Å². The summed E-state index contributed by atoms with van der Waals surface area (Å²) in [6.45, 7) is 3.01. The number of aliphatic hydroxyl groups excluding tert-OH is 1. The smallest absolute Gasteiger partial charge is 0.332 e. The van der Waals surface area contributed by atoms with Crippen molar-refractivity contribution in [2.75, 3.05) is 6.61 Å². The van der Waals surface area contributed by atoms with Crippen LogP contribution in [0.4, 0.5) is 8.78 Å². The van der Waals surface area contributed by atoms with E-state index in [-0.39, 0.29) is 22.6 Å². The molecular weight excluding hydrogens is 502 g/mol. The van der Waals surface area contributed by atoms with Crippen molar-refractivity contribution in [1.29, 1.82) is 0 Å². The maximum atomic E-state index is 13.7. The molecule has 2 N–H and O–H groups in total. The van der Waals surface area contributed by atoms with Gasteiger partial charge in [-0.25, -0.2) is 28.1 Å². The van der Waals surface area contributed by atoms with Crippen molar-refractivity contribution in [3.05, 3.63) is 81.0 Å². The van der Waals surface area contributed by atoms with E-state index >= 15 is 0 Å². The summed E-state index contributed by atoms with van der Waals surface area (Å²) >= 11 is 0. The van der Waals surface area contributed by atoms with E-state index in [4.69, 9.17) is 14.2 Å². The molecule has 4 atom stereocenters. The normalized spacial score (nSPS) is 24.1. The Morgan fingerprint density at radius 2 is 1.47 bits per heavy atom. The molecule has 2 aliphatic heterocycles. The molecule has 0 spiro atoms. The molecule has 2 aromatic carbocycles. The summed E-state index contributed by atoms with van der Waals surface area (Å²) in [5.41, 5.74) is -0.574. The van der Waals surface area contributed by atoms with Crippen LogP contribution in [0.5, 0.6) is 0 Å². The number of ether oxygens (including phenoxy) is 3. The van der Waals surface area contributed by atoms with Gasteiger partial charge in [-0.1, -0.05) is 0 Å². The van der Waals surface area contributed by atoms with Crippen LogP contribution < -0.4 is 11.2 Å². The van der Waals surface area contributed by atoms with Gasteiger partial charge in [0.15, 0.2) is 23.2 Å². The first-order valence-corrected chi connectivity index (χ1v) is 11.9. The van der Waals surface area contributed by atoms with Crippen LogP contribution >= 0.6 is 0 Å². The Hall–Kier alpha value is -3.84. The van der Waals surface area contributed by atoms with Crippen molar-refractivity contribution >= 4 is 11.2 Å². The summed E-state index contributed by atoms with van der Waals surface area (Å²) in [7, 11) is 0. The SMILES string of the molecule is CC1(C)O[C@@H]2[C@H](O1)[C@@H](CO)O[C@H]2n1c(=O)[nH]c(=O)c2nc(-c3ccc(F)cc3)c(-c3ccc(F)cc3)nc21. The van der Waals surface area contributed by atoms with Gasteiger partial charge in [0.2, 0.25) is 0 Å². The first-order valence-electron chi connectivity index (χ1n) is 11.9. The number of nitrogens with one attached hydrogen (secondary N) is 1. The minimum Gasteiger partial charge on any atom is -0.394 e. The van der Waals surface area contributed by atoms with Crippen LogP contribution in [0.1, 0.15) is 20.1 Å². The number of aliphatic hydroxyl groups is 1. The molecule has 0 bridgehead atoms. The topological polar surface area (TPSA) is 129 Å². The Balaban J connectivity index is 1.62. The van der Waals surface area contributed by atoms with Gasteiger partial charge in [-0.05, 0) is 62.4 Å². The Labute approximate surface area is 213 Å². The fourth-order valence-electron chi connectivity index (χ4n) is 4.93. The highest BCUT2D eigenvalue weighted by atomic mass is 19.1. The van der Waals surface area contributed by atoms with Crippen molar-refractivity contribution in [2.45, 2.75) is 44.2 Å². The summed E-state index contributed by atoms with van der Waals surface area (Å²) in [6.07, 6.45) is -3.40. The molecule has 196 valence electrons. The van der Waals surface area contributed by atoms with Crippen LogP contribution in [-0.2, 0) is 14.2 Å². The molecule has 6 rings (SSSR count). The highest BCUT2D eigenvalue weighted by molar-refractivity contribution is 5.84. The Morgan fingerprint density at radius 3 is 2.05 bits per heavy atom. The van der Waals surface area contributed by atoms with Crippen LogP contribution in [0.25, 0.3) is 33.7 Å². The van der Waals surface area contributed by atoms with Gasteiger partial charge in [0.25, 0.3) is 5.56 Å². The molecule has 0 radical (unpaired) electrons. The lowest BCUT2D eigenvalue weighted by Gasteiger charge is -2.25. The Bertz CT molecular complexity index is 1650. The average Bonchev–Trinajstić information content (AvgIpc) is 3.37. The van der Waals surface area contributed by atoms with Crippen LogP contribution in [0.2, 0.25) is 0 Å². The van der Waals surface area contributed by atoms with Crippen LogP contribution in [-0.4, -0.2) is 55.3 Å². The van der Waals surface area contributed by atoms with Crippen molar-refractivity contribution < 1.29 is 28.1 Å². The third-order valence-electron chi connectivity index (χ3n) is 6.55. The molecule has 0 unspecified atom stereocenters. The number of hydrogen-bond acceptors (Lipinski definition) is 8. The summed E-state index contributed by atoms with van der Waals surface area (Å²) in [4.78, 5) is 37.6. The molecule has 2 aliphatic rings. The maximum Gasteiger partial charge on any atom is 0.332 e. The Kier molecular flexibility index (Phi) is 5.72. The number of aromatic nitrogens is 4. The maximum absolute atomic E-state index is 13.7. The second-order valence-electron chi connectivity index (χ2n) is 9.55. The largest absolute Gasteiger partial charge is 0.394 e. The highest BCUT2D eigenvalue weighted by Crippen LogP contribution is 2.43. The summed E-state index contributed by atoms with van der Waals surface area (Å²) < 4.78 is 46.4. The molecule has 2 saturated heterocycles. The van der Waals surface area contributed by atoms with E-state index in [0.29, 0.717) is 11.1 Å². The number of H-pyrrole nitrogens is 1. The van der Waals surface area contributed by atoms with Crippen molar-refractivity contribution in [1.82, 2.24) is 19.5 Å². The van der Waals surface area contributed by atoms with Gasteiger partial charge in [-0.2, -0.15) is 0 Å². The summed E-state index contributed by atoms with van der Waals surface area (Å²) in [5.74, 6) is -1.95. The van der Waals surface area contributed by atoms with Gasteiger partial charge in [0.05, 0.1) is 18.0 Å². The third-order valence-corrected chi connectivity index (χ3v) is 6.55. The van der Waals surface area contributed by atoms with Gasteiger partial charge in [0, 0.05) is 11.1 Å². The first-order chi connectivity index (χ1) is 18.1. The van der Waals surface area contributed by atoms with Gasteiger partial charge < -0.3 is 19.3 Å².